The van der Waals surface area contributed by atoms with Crippen LogP contribution in [-0.4, -0.2) is 17.9 Å². The lowest BCUT2D eigenvalue weighted by atomic mass is 10.2. The lowest BCUT2D eigenvalue weighted by Crippen LogP contribution is -2.23. The van der Waals surface area contributed by atoms with Crippen LogP contribution in [0.15, 0.2) is 29.4 Å². The van der Waals surface area contributed by atoms with Crippen molar-refractivity contribution in [2.45, 2.75) is 6.92 Å². The lowest BCUT2D eigenvalue weighted by molar-refractivity contribution is 0.340. The Morgan fingerprint density at radius 2 is 2.20 bits per heavy atom. The molecule has 0 fully saturated rings. The monoisotopic (exact) mass is 223 g/mol. The second-order valence-electron chi connectivity index (χ2n) is 2.74. The van der Waals surface area contributed by atoms with Crippen LogP contribution in [0.1, 0.15) is 12.5 Å². The quantitative estimate of drug-likeness (QED) is 0.458. The van der Waals surface area contributed by atoms with Gasteiger partial charge in [0.25, 0.3) is 0 Å². The zero-order chi connectivity index (χ0) is 11.1. The summed E-state index contributed by atoms with van der Waals surface area (Å²) in [6, 6.07) is 7.56. The van der Waals surface area contributed by atoms with Crippen LogP contribution in [-0.2, 0) is 0 Å². The van der Waals surface area contributed by atoms with Crippen molar-refractivity contribution < 1.29 is 4.74 Å². The summed E-state index contributed by atoms with van der Waals surface area (Å²) in [4.78, 5) is 0. The van der Waals surface area contributed by atoms with Gasteiger partial charge in [0, 0.05) is 0 Å². The zero-order valence-electron chi connectivity index (χ0n) is 8.43. The first kappa shape index (κ1) is 11.5. The number of ether oxygens (including phenoxy) is 1. The first-order valence-electron chi connectivity index (χ1n) is 4.53. The molecule has 0 radical (unpaired) electrons. The van der Waals surface area contributed by atoms with Crippen molar-refractivity contribution in [3.63, 3.8) is 0 Å². The Morgan fingerprint density at radius 1 is 1.53 bits per heavy atom. The third kappa shape index (κ3) is 4.42. The Morgan fingerprint density at radius 3 is 2.73 bits per heavy atom. The van der Waals surface area contributed by atoms with Crippen LogP contribution in [0.2, 0.25) is 0 Å². The molecular weight excluding hydrogens is 210 g/mol. The first-order valence-corrected chi connectivity index (χ1v) is 4.94. The van der Waals surface area contributed by atoms with E-state index in [1.54, 1.807) is 6.21 Å². The fraction of sp³-hybridized carbons (Fsp3) is 0.200. The summed E-state index contributed by atoms with van der Waals surface area (Å²) >= 11 is 4.60. The number of nitrogens with two attached hydrogens (primary N) is 1. The molecule has 0 aromatic heterocycles. The van der Waals surface area contributed by atoms with E-state index in [0.29, 0.717) is 6.61 Å². The van der Waals surface area contributed by atoms with E-state index in [1.165, 1.54) is 0 Å². The number of hydrazone groups is 1. The van der Waals surface area contributed by atoms with E-state index in [-0.39, 0.29) is 5.11 Å². The minimum Gasteiger partial charge on any atom is -0.494 e. The SMILES string of the molecule is CCOc1ccc(C=NNC(N)=S)cc1. The molecule has 0 amide bonds. The van der Waals surface area contributed by atoms with Gasteiger partial charge in [0.1, 0.15) is 5.75 Å². The average molecular weight is 223 g/mol. The van der Waals surface area contributed by atoms with E-state index in [9.17, 15) is 0 Å². The maximum absolute atomic E-state index is 5.30. The van der Waals surface area contributed by atoms with Crippen LogP contribution < -0.4 is 15.9 Å². The molecule has 1 aromatic rings. The standard InChI is InChI=1S/C10H13N3OS/c1-2-14-9-5-3-8(4-6-9)7-12-13-10(11)15/h3-7H,2H2,1H3,(H3,11,13,15). The largest absolute Gasteiger partial charge is 0.494 e. The van der Waals surface area contributed by atoms with Gasteiger partial charge in [-0.05, 0) is 49.0 Å². The number of benzene rings is 1. The Balaban J connectivity index is 2.56. The molecule has 15 heavy (non-hydrogen) atoms. The van der Waals surface area contributed by atoms with Crippen LogP contribution in [0.4, 0.5) is 0 Å². The molecule has 0 saturated heterocycles. The van der Waals surface area contributed by atoms with Crippen molar-refractivity contribution in [2.75, 3.05) is 6.61 Å². The highest BCUT2D eigenvalue weighted by Crippen LogP contribution is 2.10. The minimum absolute atomic E-state index is 0.150. The molecule has 0 bridgehead atoms. The zero-order valence-corrected chi connectivity index (χ0v) is 9.25. The summed E-state index contributed by atoms with van der Waals surface area (Å²) in [6.45, 7) is 2.61. The second kappa shape index (κ2) is 5.98. The summed E-state index contributed by atoms with van der Waals surface area (Å²) < 4.78 is 5.30. The second-order valence-corrected chi connectivity index (χ2v) is 3.18. The Kier molecular flexibility index (Phi) is 4.56. The molecule has 0 aliphatic carbocycles. The molecule has 4 nitrogen and oxygen atoms in total. The molecule has 0 atom stereocenters. The van der Waals surface area contributed by atoms with E-state index >= 15 is 0 Å². The molecule has 0 aliphatic rings. The van der Waals surface area contributed by atoms with Gasteiger partial charge in [-0.3, -0.25) is 5.43 Å². The molecule has 0 saturated carbocycles. The lowest BCUT2D eigenvalue weighted by Gasteiger charge is -2.01. The van der Waals surface area contributed by atoms with Crippen LogP contribution in [0.25, 0.3) is 0 Å². The van der Waals surface area contributed by atoms with Gasteiger partial charge < -0.3 is 10.5 Å². The van der Waals surface area contributed by atoms with E-state index < -0.39 is 0 Å². The summed E-state index contributed by atoms with van der Waals surface area (Å²) in [7, 11) is 0. The van der Waals surface area contributed by atoms with Crippen molar-refractivity contribution >= 4 is 23.5 Å². The van der Waals surface area contributed by atoms with E-state index in [0.717, 1.165) is 11.3 Å². The van der Waals surface area contributed by atoms with Gasteiger partial charge in [0.2, 0.25) is 0 Å². The van der Waals surface area contributed by atoms with Gasteiger partial charge in [-0.2, -0.15) is 5.10 Å². The fourth-order valence-corrected chi connectivity index (χ4v) is 1.04. The van der Waals surface area contributed by atoms with Gasteiger partial charge in [-0.1, -0.05) is 0 Å². The molecular formula is C10H13N3OS. The number of rotatable bonds is 4. The van der Waals surface area contributed by atoms with Crippen molar-refractivity contribution in [1.82, 2.24) is 5.43 Å². The molecule has 0 unspecified atom stereocenters. The van der Waals surface area contributed by atoms with Gasteiger partial charge in [-0.15, -0.1) is 0 Å². The number of nitrogens with zero attached hydrogens (tertiary/aromatic N) is 1. The molecule has 80 valence electrons. The summed E-state index contributed by atoms with van der Waals surface area (Å²) in [6.07, 6.45) is 1.63. The van der Waals surface area contributed by atoms with Crippen LogP contribution in [0.3, 0.4) is 0 Å². The highest BCUT2D eigenvalue weighted by atomic mass is 32.1. The van der Waals surface area contributed by atoms with Crippen molar-refractivity contribution in [2.24, 2.45) is 10.8 Å². The average Bonchev–Trinajstić information content (AvgIpc) is 2.20. The van der Waals surface area contributed by atoms with Gasteiger partial charge in [0.15, 0.2) is 5.11 Å². The van der Waals surface area contributed by atoms with E-state index in [1.807, 2.05) is 31.2 Å². The first-order chi connectivity index (χ1) is 7.22. The molecule has 0 heterocycles. The number of thiocarbonyl (C=S) groups is 1. The van der Waals surface area contributed by atoms with Gasteiger partial charge in [-0.25, -0.2) is 0 Å². The highest BCUT2D eigenvalue weighted by Gasteiger charge is 1.91. The van der Waals surface area contributed by atoms with Crippen LogP contribution >= 0.6 is 12.2 Å². The Hall–Kier alpha value is -1.62. The normalized spacial score (nSPS) is 10.2. The van der Waals surface area contributed by atoms with Crippen LogP contribution in [0.5, 0.6) is 5.75 Å². The Bertz CT molecular complexity index is 348. The molecule has 0 aliphatic heterocycles. The Labute approximate surface area is 94.1 Å². The number of hydrogen-bond acceptors (Lipinski definition) is 3. The van der Waals surface area contributed by atoms with Gasteiger partial charge in [0.05, 0.1) is 12.8 Å². The molecule has 1 rings (SSSR count). The third-order valence-electron chi connectivity index (χ3n) is 1.58. The summed E-state index contributed by atoms with van der Waals surface area (Å²) in [5.41, 5.74) is 8.63. The number of nitrogens with one attached hydrogen (secondary N) is 1. The van der Waals surface area contributed by atoms with Crippen molar-refractivity contribution in [3.8, 4) is 5.75 Å². The maximum Gasteiger partial charge on any atom is 0.184 e. The predicted molar refractivity (Wildman–Crippen MR) is 65.1 cm³/mol. The molecule has 1 aromatic carbocycles. The number of hydrogen-bond donors (Lipinski definition) is 2. The van der Waals surface area contributed by atoms with Crippen LogP contribution in [0, 0.1) is 0 Å². The molecule has 0 spiro atoms. The van der Waals surface area contributed by atoms with Gasteiger partial charge >= 0.3 is 0 Å². The minimum atomic E-state index is 0.150. The van der Waals surface area contributed by atoms with E-state index in [4.69, 9.17) is 10.5 Å². The maximum atomic E-state index is 5.30. The third-order valence-corrected chi connectivity index (χ3v) is 1.67. The molecule has 5 heteroatoms. The smallest absolute Gasteiger partial charge is 0.184 e. The van der Waals surface area contributed by atoms with Crippen molar-refractivity contribution in [3.05, 3.63) is 29.8 Å². The predicted octanol–water partition coefficient (Wildman–Crippen LogP) is 1.25. The summed E-state index contributed by atoms with van der Waals surface area (Å²) in [5, 5.41) is 3.98. The van der Waals surface area contributed by atoms with Crippen molar-refractivity contribution in [1.29, 1.82) is 0 Å². The fourth-order valence-electron chi connectivity index (χ4n) is 0.987. The molecule has 3 N–H and O–H groups in total. The topological polar surface area (TPSA) is 59.6 Å². The van der Waals surface area contributed by atoms with E-state index in [2.05, 4.69) is 22.7 Å². The highest BCUT2D eigenvalue weighted by molar-refractivity contribution is 7.80. The summed E-state index contributed by atoms with van der Waals surface area (Å²) in [5.74, 6) is 0.844.